The zero-order chi connectivity index (χ0) is 25.0. The summed E-state index contributed by atoms with van der Waals surface area (Å²) in [4.78, 5) is 37.1. The fourth-order valence-corrected chi connectivity index (χ4v) is 3.23. The average Bonchev–Trinajstić information content (AvgIpc) is 2.79. The molecule has 0 radical (unpaired) electrons. The van der Waals surface area contributed by atoms with Crippen molar-refractivity contribution in [2.45, 2.75) is 26.2 Å². The van der Waals surface area contributed by atoms with Crippen LogP contribution in [0.3, 0.4) is 0 Å². The molecule has 0 aliphatic heterocycles. The van der Waals surface area contributed by atoms with Crippen LogP contribution in [-0.4, -0.2) is 28.7 Å². The summed E-state index contributed by atoms with van der Waals surface area (Å²) in [7, 11) is 0. The molecule has 0 aliphatic carbocycles. The van der Waals surface area contributed by atoms with Gasteiger partial charge in [-0.2, -0.15) is 0 Å². The van der Waals surface area contributed by atoms with Crippen LogP contribution in [-0.2, 0) is 5.41 Å². The number of nitrogens with two attached hydrogens (primary N) is 1. The van der Waals surface area contributed by atoms with E-state index in [0.29, 0.717) is 11.1 Å². The van der Waals surface area contributed by atoms with Crippen LogP contribution in [0.1, 0.15) is 63.0 Å². The lowest BCUT2D eigenvalue weighted by Crippen LogP contribution is -2.18. The van der Waals surface area contributed by atoms with Crippen molar-refractivity contribution >= 4 is 47.4 Å². The normalized spacial score (nSPS) is 10.6. The number of carboxylic acid groups (broad SMARTS) is 1. The summed E-state index contributed by atoms with van der Waals surface area (Å²) in [5.41, 5.74) is 7.84. The van der Waals surface area contributed by atoms with Crippen molar-refractivity contribution in [2.75, 3.05) is 10.6 Å². The summed E-state index contributed by atoms with van der Waals surface area (Å²) in [5, 5.41) is 22.3. The van der Waals surface area contributed by atoms with Gasteiger partial charge in [0, 0.05) is 16.7 Å². The fourth-order valence-electron chi connectivity index (χ4n) is 3.23. The van der Waals surface area contributed by atoms with Gasteiger partial charge in [0.25, 0.3) is 11.8 Å². The molecule has 3 aromatic rings. The molecule has 0 heterocycles. The van der Waals surface area contributed by atoms with Gasteiger partial charge in [-0.15, -0.1) is 12.4 Å². The predicted molar refractivity (Wildman–Crippen MR) is 139 cm³/mol. The molecule has 0 fully saturated rings. The highest BCUT2D eigenvalue weighted by Crippen LogP contribution is 2.26. The van der Waals surface area contributed by atoms with Crippen LogP contribution in [0.4, 0.5) is 11.4 Å². The van der Waals surface area contributed by atoms with Crippen LogP contribution in [0, 0.1) is 5.41 Å². The van der Waals surface area contributed by atoms with E-state index < -0.39 is 17.8 Å². The Kier molecular flexibility index (Phi) is 8.38. The lowest BCUT2D eigenvalue weighted by atomic mass is 9.87. The maximum atomic E-state index is 12.8. The molecule has 0 aromatic heterocycles. The molecule has 9 heteroatoms. The van der Waals surface area contributed by atoms with E-state index >= 15 is 0 Å². The maximum absolute atomic E-state index is 12.8. The van der Waals surface area contributed by atoms with Gasteiger partial charge < -0.3 is 21.5 Å². The van der Waals surface area contributed by atoms with Crippen LogP contribution < -0.4 is 16.4 Å². The van der Waals surface area contributed by atoms with Crippen molar-refractivity contribution in [2.24, 2.45) is 5.73 Å². The Hall–Kier alpha value is -4.17. The molecule has 0 bridgehead atoms. The number of amides is 2. The first-order valence-corrected chi connectivity index (χ1v) is 10.5. The Balaban J connectivity index is 0.00000432. The zero-order valence-electron chi connectivity index (χ0n) is 19.5. The molecule has 0 atom stereocenters. The molecule has 3 aromatic carbocycles. The molecule has 35 heavy (non-hydrogen) atoms. The van der Waals surface area contributed by atoms with Crippen LogP contribution in [0.2, 0.25) is 0 Å². The van der Waals surface area contributed by atoms with Crippen molar-refractivity contribution in [3.63, 3.8) is 0 Å². The summed E-state index contributed by atoms with van der Waals surface area (Å²) in [6, 6.07) is 17.4. The predicted octanol–water partition coefficient (Wildman–Crippen LogP) is 4.89. The largest absolute Gasteiger partial charge is 0.478 e. The SMILES string of the molecule is CC(C)(C)c1ccc(C(=O)Nc2ccc(C(=O)O)cc2NC(=O)c2cccc(C(=N)N)c2)cc1.Cl. The monoisotopic (exact) mass is 494 g/mol. The lowest BCUT2D eigenvalue weighted by molar-refractivity contribution is 0.0696. The Labute approximate surface area is 209 Å². The van der Waals surface area contributed by atoms with E-state index in [1.54, 1.807) is 24.3 Å². The molecular formula is C26H27ClN4O4. The summed E-state index contributed by atoms with van der Waals surface area (Å²) >= 11 is 0. The number of hydrogen-bond acceptors (Lipinski definition) is 4. The van der Waals surface area contributed by atoms with E-state index in [-0.39, 0.29) is 46.2 Å². The smallest absolute Gasteiger partial charge is 0.335 e. The quantitative estimate of drug-likeness (QED) is 0.244. The summed E-state index contributed by atoms with van der Waals surface area (Å²) in [6.07, 6.45) is 0. The van der Waals surface area contributed by atoms with Crippen molar-refractivity contribution in [3.05, 3.63) is 94.5 Å². The average molecular weight is 495 g/mol. The first-order chi connectivity index (χ1) is 16.0. The molecule has 8 nitrogen and oxygen atoms in total. The number of nitrogen functional groups attached to an aromatic ring is 1. The third-order valence-corrected chi connectivity index (χ3v) is 5.21. The highest BCUT2D eigenvalue weighted by Gasteiger charge is 2.17. The van der Waals surface area contributed by atoms with Crippen molar-refractivity contribution < 1.29 is 19.5 Å². The molecule has 0 saturated carbocycles. The van der Waals surface area contributed by atoms with Crippen molar-refractivity contribution in [3.8, 4) is 0 Å². The Bertz CT molecular complexity index is 1280. The Morgan fingerprint density at radius 1 is 0.771 bits per heavy atom. The molecule has 3 rings (SSSR count). The number of halogens is 1. The van der Waals surface area contributed by atoms with Gasteiger partial charge in [-0.25, -0.2) is 4.79 Å². The van der Waals surface area contributed by atoms with Crippen LogP contribution in [0.25, 0.3) is 0 Å². The number of rotatable bonds is 6. The standard InChI is InChI=1S/C26H26N4O4.ClH/c1-26(2,3)19-10-7-15(8-11-19)23(31)29-20-12-9-18(25(33)34)14-21(20)30-24(32)17-6-4-5-16(13-17)22(27)28;/h4-14H,1-3H3,(H3,27,28)(H,29,31)(H,30,32)(H,33,34);1H. The van der Waals surface area contributed by atoms with Gasteiger partial charge in [-0.3, -0.25) is 15.0 Å². The first-order valence-electron chi connectivity index (χ1n) is 10.5. The second-order valence-corrected chi connectivity index (χ2v) is 8.80. The number of benzene rings is 3. The highest BCUT2D eigenvalue weighted by atomic mass is 35.5. The minimum Gasteiger partial charge on any atom is -0.478 e. The van der Waals surface area contributed by atoms with Crippen LogP contribution >= 0.6 is 12.4 Å². The molecule has 0 unspecified atom stereocenters. The van der Waals surface area contributed by atoms with E-state index in [1.807, 2.05) is 12.1 Å². The number of carbonyl (C=O) groups is 3. The minimum atomic E-state index is -1.18. The van der Waals surface area contributed by atoms with Gasteiger partial charge in [0.05, 0.1) is 16.9 Å². The van der Waals surface area contributed by atoms with Gasteiger partial charge in [-0.05, 0) is 53.4 Å². The van der Waals surface area contributed by atoms with Gasteiger partial charge in [0.2, 0.25) is 0 Å². The number of hydrogen-bond donors (Lipinski definition) is 5. The number of carboxylic acids is 1. The van der Waals surface area contributed by atoms with Crippen molar-refractivity contribution in [1.82, 2.24) is 0 Å². The molecule has 6 N–H and O–H groups in total. The van der Waals surface area contributed by atoms with E-state index in [1.165, 1.54) is 30.3 Å². The van der Waals surface area contributed by atoms with Gasteiger partial charge in [0.15, 0.2) is 0 Å². The molecule has 0 spiro atoms. The first kappa shape index (κ1) is 27.1. The summed E-state index contributed by atoms with van der Waals surface area (Å²) in [5.74, 6) is -2.31. The second kappa shape index (κ2) is 10.8. The fraction of sp³-hybridized carbons (Fsp3) is 0.154. The maximum Gasteiger partial charge on any atom is 0.335 e. The van der Waals surface area contributed by atoms with Gasteiger partial charge >= 0.3 is 5.97 Å². The summed E-state index contributed by atoms with van der Waals surface area (Å²) in [6.45, 7) is 6.23. The number of aromatic carboxylic acids is 1. The van der Waals surface area contributed by atoms with Crippen LogP contribution in [0.5, 0.6) is 0 Å². The molecule has 0 saturated heterocycles. The third-order valence-electron chi connectivity index (χ3n) is 5.21. The second-order valence-electron chi connectivity index (χ2n) is 8.80. The highest BCUT2D eigenvalue weighted by molar-refractivity contribution is 6.11. The lowest BCUT2D eigenvalue weighted by Gasteiger charge is -2.19. The summed E-state index contributed by atoms with van der Waals surface area (Å²) < 4.78 is 0. The zero-order valence-corrected chi connectivity index (χ0v) is 20.3. The Morgan fingerprint density at radius 3 is 1.89 bits per heavy atom. The number of nitrogens with one attached hydrogen (secondary N) is 3. The van der Waals surface area contributed by atoms with E-state index in [9.17, 15) is 19.5 Å². The number of amidine groups is 1. The van der Waals surface area contributed by atoms with Gasteiger partial charge in [-0.1, -0.05) is 45.0 Å². The van der Waals surface area contributed by atoms with Crippen molar-refractivity contribution in [1.29, 1.82) is 5.41 Å². The number of anilines is 2. The molecule has 182 valence electrons. The topological polar surface area (TPSA) is 145 Å². The van der Waals surface area contributed by atoms with Gasteiger partial charge in [0.1, 0.15) is 5.84 Å². The minimum absolute atomic E-state index is 0. The van der Waals surface area contributed by atoms with E-state index in [2.05, 4.69) is 31.4 Å². The molecule has 2 amide bonds. The third kappa shape index (κ3) is 6.68. The molecule has 0 aliphatic rings. The molecular weight excluding hydrogens is 468 g/mol. The van der Waals surface area contributed by atoms with E-state index in [0.717, 1.165) is 5.56 Å². The van der Waals surface area contributed by atoms with Crippen LogP contribution in [0.15, 0.2) is 66.7 Å². The van der Waals surface area contributed by atoms with E-state index in [4.69, 9.17) is 11.1 Å². The Morgan fingerprint density at radius 2 is 1.31 bits per heavy atom. The number of carbonyl (C=O) groups excluding carboxylic acids is 2.